The molecule has 0 saturated carbocycles. The first kappa shape index (κ1) is 14.9. The molecule has 0 bridgehead atoms. The van der Waals surface area contributed by atoms with E-state index < -0.39 is 0 Å². The Morgan fingerprint density at radius 3 is 2.70 bits per heavy atom. The summed E-state index contributed by atoms with van der Waals surface area (Å²) in [6.45, 7) is 0.700. The Morgan fingerprint density at radius 1 is 1.40 bits per heavy atom. The lowest BCUT2D eigenvalue weighted by atomic mass is 9.93. The van der Waals surface area contributed by atoms with E-state index in [0.29, 0.717) is 6.54 Å². The second kappa shape index (κ2) is 6.79. The van der Waals surface area contributed by atoms with Crippen molar-refractivity contribution in [2.45, 2.75) is 6.42 Å². The Kier molecular flexibility index (Phi) is 5.06. The molecule has 2 atom stereocenters. The molecule has 20 heavy (non-hydrogen) atoms. The van der Waals surface area contributed by atoms with Gasteiger partial charge in [0.1, 0.15) is 0 Å². The molecule has 4 nitrogen and oxygen atoms in total. The summed E-state index contributed by atoms with van der Waals surface area (Å²) in [6, 6.07) is 9.68. The predicted octanol–water partition coefficient (Wildman–Crippen LogP) is 1.76. The highest BCUT2D eigenvalue weighted by Gasteiger charge is 2.41. The minimum atomic E-state index is -0.206. The zero-order chi connectivity index (χ0) is 14.5. The maximum absolute atomic E-state index is 12.6. The van der Waals surface area contributed by atoms with Gasteiger partial charge in [-0.1, -0.05) is 18.2 Å². The molecule has 0 aliphatic carbocycles. The summed E-state index contributed by atoms with van der Waals surface area (Å²) in [4.78, 5) is 26.0. The molecule has 2 rings (SSSR count). The number of nitrogens with one attached hydrogen (secondary N) is 1. The van der Waals surface area contributed by atoms with Gasteiger partial charge in [0.25, 0.3) is 0 Å². The molecule has 0 radical (unpaired) electrons. The zero-order valence-electron chi connectivity index (χ0n) is 11.8. The SMILES string of the molecule is CNC(=O)C[C@H]1C(=O)N(c2ccccc2)C[C@@H]1CSC. The maximum atomic E-state index is 12.6. The van der Waals surface area contributed by atoms with Crippen molar-refractivity contribution < 1.29 is 9.59 Å². The molecule has 1 aliphatic rings. The smallest absolute Gasteiger partial charge is 0.231 e. The van der Waals surface area contributed by atoms with Crippen LogP contribution in [-0.2, 0) is 9.59 Å². The lowest BCUT2D eigenvalue weighted by Crippen LogP contribution is -2.30. The van der Waals surface area contributed by atoms with Crippen molar-refractivity contribution in [2.24, 2.45) is 11.8 Å². The maximum Gasteiger partial charge on any atom is 0.231 e. The quantitative estimate of drug-likeness (QED) is 0.900. The highest BCUT2D eigenvalue weighted by atomic mass is 32.2. The fraction of sp³-hybridized carbons (Fsp3) is 0.467. The number of thioether (sulfide) groups is 1. The van der Waals surface area contributed by atoms with Crippen molar-refractivity contribution in [3.63, 3.8) is 0 Å². The number of benzene rings is 1. The van der Waals surface area contributed by atoms with E-state index in [1.54, 1.807) is 18.8 Å². The van der Waals surface area contributed by atoms with Crippen LogP contribution in [0.5, 0.6) is 0 Å². The van der Waals surface area contributed by atoms with Gasteiger partial charge >= 0.3 is 0 Å². The van der Waals surface area contributed by atoms with Crippen molar-refractivity contribution in [3.05, 3.63) is 30.3 Å². The van der Waals surface area contributed by atoms with Crippen LogP contribution in [0.15, 0.2) is 30.3 Å². The van der Waals surface area contributed by atoms with Gasteiger partial charge in [0.2, 0.25) is 11.8 Å². The lowest BCUT2D eigenvalue weighted by molar-refractivity contribution is -0.127. The number of rotatable bonds is 5. The number of hydrogen-bond donors (Lipinski definition) is 1. The summed E-state index contributed by atoms with van der Waals surface area (Å²) in [7, 11) is 1.61. The monoisotopic (exact) mass is 292 g/mol. The average molecular weight is 292 g/mol. The lowest BCUT2D eigenvalue weighted by Gasteiger charge is -2.16. The third-order valence-corrected chi connectivity index (χ3v) is 4.46. The summed E-state index contributed by atoms with van der Waals surface area (Å²) in [5, 5.41) is 2.61. The van der Waals surface area contributed by atoms with E-state index in [4.69, 9.17) is 0 Å². The zero-order valence-corrected chi connectivity index (χ0v) is 12.7. The van der Waals surface area contributed by atoms with Crippen LogP contribution in [0.25, 0.3) is 0 Å². The number of carbonyl (C=O) groups excluding carboxylic acids is 2. The van der Waals surface area contributed by atoms with Crippen molar-refractivity contribution in [2.75, 3.05) is 30.5 Å². The molecular weight excluding hydrogens is 272 g/mol. The summed E-state index contributed by atoms with van der Waals surface area (Å²) in [6.07, 6.45) is 2.32. The van der Waals surface area contributed by atoms with Gasteiger partial charge < -0.3 is 10.2 Å². The van der Waals surface area contributed by atoms with E-state index in [2.05, 4.69) is 5.32 Å². The fourth-order valence-corrected chi connectivity index (χ4v) is 3.40. The highest BCUT2D eigenvalue weighted by molar-refractivity contribution is 7.98. The number of para-hydroxylation sites is 1. The van der Waals surface area contributed by atoms with Crippen molar-refractivity contribution in [1.82, 2.24) is 5.32 Å². The molecule has 1 aliphatic heterocycles. The minimum Gasteiger partial charge on any atom is -0.359 e. The van der Waals surface area contributed by atoms with Crippen molar-refractivity contribution in [1.29, 1.82) is 0 Å². The average Bonchev–Trinajstić information content (AvgIpc) is 2.77. The van der Waals surface area contributed by atoms with Gasteiger partial charge in [-0.3, -0.25) is 9.59 Å². The van der Waals surface area contributed by atoms with Crippen LogP contribution >= 0.6 is 11.8 Å². The van der Waals surface area contributed by atoms with Crippen molar-refractivity contribution >= 4 is 29.3 Å². The van der Waals surface area contributed by atoms with Gasteiger partial charge in [0.15, 0.2) is 0 Å². The molecule has 2 amide bonds. The van der Waals surface area contributed by atoms with Crippen LogP contribution in [0.1, 0.15) is 6.42 Å². The third kappa shape index (κ3) is 3.15. The van der Waals surface area contributed by atoms with Gasteiger partial charge in [0, 0.05) is 25.7 Å². The first-order valence-corrected chi connectivity index (χ1v) is 8.12. The number of hydrogen-bond acceptors (Lipinski definition) is 3. The molecule has 1 aromatic carbocycles. The van der Waals surface area contributed by atoms with Crippen LogP contribution in [-0.4, -0.2) is 37.4 Å². The highest BCUT2D eigenvalue weighted by Crippen LogP contribution is 2.33. The van der Waals surface area contributed by atoms with E-state index in [-0.39, 0.29) is 30.1 Å². The Labute approximate surface area is 123 Å². The number of anilines is 1. The molecule has 0 aromatic heterocycles. The van der Waals surface area contributed by atoms with Gasteiger partial charge in [-0.05, 0) is 30.1 Å². The Bertz CT molecular complexity index is 478. The number of amides is 2. The summed E-state index contributed by atoms with van der Waals surface area (Å²) < 4.78 is 0. The molecule has 1 aromatic rings. The van der Waals surface area contributed by atoms with E-state index >= 15 is 0 Å². The summed E-state index contributed by atoms with van der Waals surface area (Å²) in [5.74, 6) is 0.928. The van der Waals surface area contributed by atoms with Crippen molar-refractivity contribution in [3.8, 4) is 0 Å². The van der Waals surface area contributed by atoms with Crippen LogP contribution in [0, 0.1) is 11.8 Å². The van der Waals surface area contributed by atoms with Crippen LogP contribution in [0.2, 0.25) is 0 Å². The Hall–Kier alpha value is -1.49. The van der Waals surface area contributed by atoms with Crippen LogP contribution in [0.3, 0.4) is 0 Å². The van der Waals surface area contributed by atoms with E-state index in [9.17, 15) is 9.59 Å². The first-order chi connectivity index (χ1) is 9.67. The molecule has 1 fully saturated rings. The minimum absolute atomic E-state index is 0.0654. The summed E-state index contributed by atoms with van der Waals surface area (Å²) >= 11 is 1.73. The largest absolute Gasteiger partial charge is 0.359 e. The molecule has 108 valence electrons. The first-order valence-electron chi connectivity index (χ1n) is 6.73. The Balaban J connectivity index is 2.18. The number of nitrogens with zero attached hydrogens (tertiary/aromatic N) is 1. The van der Waals surface area contributed by atoms with Crippen LogP contribution < -0.4 is 10.2 Å². The molecule has 0 spiro atoms. The molecular formula is C15H20N2O2S. The van der Waals surface area contributed by atoms with Gasteiger partial charge in [-0.25, -0.2) is 0 Å². The van der Waals surface area contributed by atoms with Gasteiger partial charge in [-0.15, -0.1) is 0 Å². The standard InChI is InChI=1S/C15H20N2O2S/c1-16-14(18)8-13-11(10-20-2)9-17(15(13)19)12-6-4-3-5-7-12/h3-7,11,13H,8-10H2,1-2H3,(H,16,18)/t11-,13-/m1/s1. The fourth-order valence-electron chi connectivity index (χ4n) is 2.63. The molecule has 1 heterocycles. The Morgan fingerprint density at radius 2 is 2.10 bits per heavy atom. The topological polar surface area (TPSA) is 49.4 Å². The molecule has 1 saturated heterocycles. The van der Waals surface area contributed by atoms with Gasteiger partial charge in [0.05, 0.1) is 5.92 Å². The third-order valence-electron chi connectivity index (χ3n) is 3.70. The van der Waals surface area contributed by atoms with E-state index in [0.717, 1.165) is 11.4 Å². The van der Waals surface area contributed by atoms with E-state index in [1.807, 2.05) is 41.5 Å². The normalized spacial score (nSPS) is 22.1. The predicted molar refractivity (Wildman–Crippen MR) is 82.8 cm³/mol. The van der Waals surface area contributed by atoms with E-state index in [1.165, 1.54) is 0 Å². The van der Waals surface area contributed by atoms with Gasteiger partial charge in [-0.2, -0.15) is 11.8 Å². The molecule has 5 heteroatoms. The second-order valence-electron chi connectivity index (χ2n) is 4.98. The van der Waals surface area contributed by atoms with Crippen LogP contribution in [0.4, 0.5) is 5.69 Å². The summed E-state index contributed by atoms with van der Waals surface area (Å²) in [5.41, 5.74) is 0.919. The number of carbonyl (C=O) groups is 2. The molecule has 1 N–H and O–H groups in total. The second-order valence-corrected chi connectivity index (χ2v) is 5.89. The molecule has 0 unspecified atom stereocenters.